The average Bonchev–Trinajstić information content (AvgIpc) is 3.23. The highest BCUT2D eigenvalue weighted by molar-refractivity contribution is 5.88. The average molecular weight is 435 g/mol. The molecule has 0 spiro atoms. The van der Waals surface area contributed by atoms with E-state index in [1.54, 1.807) is 0 Å². The molecule has 2 atom stereocenters. The van der Waals surface area contributed by atoms with Crippen LogP contribution in [0.2, 0.25) is 0 Å². The summed E-state index contributed by atoms with van der Waals surface area (Å²) in [4.78, 5) is 12.4. The smallest absolute Gasteiger partial charge is 0.225 e. The van der Waals surface area contributed by atoms with E-state index in [0.29, 0.717) is 5.56 Å². The molecule has 2 aromatic heterocycles. The topological polar surface area (TPSA) is 70.6 Å². The van der Waals surface area contributed by atoms with Crippen LogP contribution in [0.3, 0.4) is 0 Å². The van der Waals surface area contributed by atoms with E-state index in [2.05, 4.69) is 34.3 Å². The molecule has 33 heavy (non-hydrogen) atoms. The summed E-state index contributed by atoms with van der Waals surface area (Å²) in [5.74, 6) is 2.33. The van der Waals surface area contributed by atoms with Crippen molar-refractivity contribution in [1.82, 2.24) is 19.7 Å². The number of aromatic nitrogens is 4. The summed E-state index contributed by atoms with van der Waals surface area (Å²) in [7, 11) is 1.95. The number of hydrogen-bond acceptors (Lipinski definition) is 5. The molecule has 6 heteroatoms. The molecule has 164 valence electrons. The minimum atomic E-state index is 0.648. The van der Waals surface area contributed by atoms with Gasteiger partial charge in [0.2, 0.25) is 5.95 Å². The molecular formula is C27H26N6. The molecule has 2 bridgehead atoms. The Labute approximate surface area is 193 Å². The molecule has 3 heterocycles. The monoisotopic (exact) mass is 434 g/mol. The standard InChI is InChI=1S/C27H26N6/c1-32-25-10-9-22(12-23(25)14-30-32)24-15-29-27(33-16-19-3-2-4-20(11-19)17-33)31-26(24)21-7-5-18(13-28)6-8-21/h5-10,12,14-15,19-20H,2-4,11,16-17H2,1H3. The molecule has 2 aromatic carbocycles. The highest BCUT2D eigenvalue weighted by atomic mass is 15.3. The summed E-state index contributed by atoms with van der Waals surface area (Å²) in [5, 5.41) is 14.7. The molecule has 0 N–H and O–H groups in total. The van der Waals surface area contributed by atoms with E-state index < -0.39 is 0 Å². The third kappa shape index (κ3) is 3.64. The summed E-state index contributed by atoms with van der Waals surface area (Å²) in [6.45, 7) is 2.09. The van der Waals surface area contributed by atoms with Crippen LogP contribution in [0.25, 0.3) is 33.3 Å². The zero-order valence-electron chi connectivity index (χ0n) is 18.8. The van der Waals surface area contributed by atoms with Gasteiger partial charge in [-0.1, -0.05) is 24.6 Å². The van der Waals surface area contributed by atoms with Gasteiger partial charge in [-0.15, -0.1) is 0 Å². The number of nitriles is 1. The van der Waals surface area contributed by atoms with Crippen molar-refractivity contribution in [2.24, 2.45) is 18.9 Å². The van der Waals surface area contributed by atoms with E-state index in [-0.39, 0.29) is 0 Å². The lowest BCUT2D eigenvalue weighted by atomic mass is 9.78. The molecule has 0 amide bonds. The molecule has 2 aliphatic rings. The normalized spacial score (nSPS) is 20.1. The Balaban J connectivity index is 1.45. The number of rotatable bonds is 3. The third-order valence-corrected chi connectivity index (χ3v) is 7.25. The van der Waals surface area contributed by atoms with Crippen LogP contribution in [0.15, 0.2) is 54.9 Å². The summed E-state index contributed by atoms with van der Waals surface area (Å²) in [6.07, 6.45) is 9.20. The molecule has 1 aliphatic carbocycles. The van der Waals surface area contributed by atoms with Crippen LogP contribution in [0.5, 0.6) is 0 Å². The van der Waals surface area contributed by atoms with Gasteiger partial charge in [0, 0.05) is 42.8 Å². The zero-order chi connectivity index (χ0) is 22.4. The van der Waals surface area contributed by atoms with E-state index in [1.165, 1.54) is 25.7 Å². The van der Waals surface area contributed by atoms with Gasteiger partial charge in [-0.25, -0.2) is 9.97 Å². The van der Waals surface area contributed by atoms with Crippen LogP contribution in [0.1, 0.15) is 31.2 Å². The predicted octanol–water partition coefficient (Wildman–Crippen LogP) is 5.20. The van der Waals surface area contributed by atoms with Gasteiger partial charge < -0.3 is 4.90 Å². The number of anilines is 1. The van der Waals surface area contributed by atoms with Gasteiger partial charge >= 0.3 is 0 Å². The molecule has 6 rings (SSSR count). The lowest BCUT2D eigenvalue weighted by molar-refractivity contribution is 0.230. The summed E-state index contributed by atoms with van der Waals surface area (Å²) < 4.78 is 1.88. The van der Waals surface area contributed by atoms with E-state index in [1.807, 2.05) is 48.4 Å². The van der Waals surface area contributed by atoms with E-state index in [4.69, 9.17) is 9.97 Å². The Morgan fingerprint density at radius 3 is 2.48 bits per heavy atom. The number of benzene rings is 2. The first kappa shape index (κ1) is 19.9. The second-order valence-corrected chi connectivity index (χ2v) is 9.47. The summed E-state index contributed by atoms with van der Waals surface area (Å²) in [6, 6.07) is 16.3. The number of fused-ring (bicyclic) bond motifs is 3. The Kier molecular flexibility index (Phi) is 4.83. The Hall–Kier alpha value is -3.72. The number of aryl methyl sites for hydroxylation is 1. The van der Waals surface area contributed by atoms with Gasteiger partial charge in [-0.3, -0.25) is 4.68 Å². The number of nitrogens with zero attached hydrogens (tertiary/aromatic N) is 6. The molecule has 4 aromatic rings. The molecule has 1 saturated heterocycles. The second kappa shape index (κ2) is 8.00. The molecule has 0 radical (unpaired) electrons. The Morgan fingerprint density at radius 1 is 0.970 bits per heavy atom. The molecule has 2 fully saturated rings. The van der Waals surface area contributed by atoms with Gasteiger partial charge in [0.1, 0.15) is 0 Å². The minimum absolute atomic E-state index is 0.648. The second-order valence-electron chi connectivity index (χ2n) is 9.47. The van der Waals surface area contributed by atoms with E-state index in [9.17, 15) is 5.26 Å². The van der Waals surface area contributed by atoms with Gasteiger partial charge in [-0.2, -0.15) is 10.4 Å². The fraction of sp³-hybridized carbons (Fsp3) is 0.333. The predicted molar refractivity (Wildman–Crippen MR) is 130 cm³/mol. The molecule has 2 unspecified atom stereocenters. The van der Waals surface area contributed by atoms with Crippen molar-refractivity contribution in [2.45, 2.75) is 25.7 Å². The lowest BCUT2D eigenvalue weighted by Crippen LogP contribution is -2.43. The molecule has 1 saturated carbocycles. The Morgan fingerprint density at radius 2 is 1.73 bits per heavy atom. The first-order chi connectivity index (χ1) is 16.2. The molecule has 1 aliphatic heterocycles. The van der Waals surface area contributed by atoms with Crippen molar-refractivity contribution < 1.29 is 0 Å². The van der Waals surface area contributed by atoms with Crippen LogP contribution in [0.4, 0.5) is 5.95 Å². The first-order valence-corrected chi connectivity index (χ1v) is 11.7. The maximum atomic E-state index is 9.24. The molecule has 6 nitrogen and oxygen atoms in total. The lowest BCUT2D eigenvalue weighted by Gasteiger charge is -2.41. The number of piperidine rings is 1. The van der Waals surface area contributed by atoms with Crippen molar-refractivity contribution in [3.63, 3.8) is 0 Å². The fourth-order valence-corrected chi connectivity index (χ4v) is 5.59. The van der Waals surface area contributed by atoms with Gasteiger partial charge in [0.05, 0.1) is 29.0 Å². The van der Waals surface area contributed by atoms with Crippen LogP contribution < -0.4 is 4.90 Å². The highest BCUT2D eigenvalue weighted by Crippen LogP contribution is 2.37. The summed E-state index contributed by atoms with van der Waals surface area (Å²) in [5.41, 5.74) is 5.70. The maximum Gasteiger partial charge on any atom is 0.225 e. The summed E-state index contributed by atoms with van der Waals surface area (Å²) >= 11 is 0. The van der Waals surface area contributed by atoms with Crippen molar-refractivity contribution in [2.75, 3.05) is 18.0 Å². The van der Waals surface area contributed by atoms with Crippen LogP contribution in [0, 0.1) is 23.2 Å². The minimum Gasteiger partial charge on any atom is -0.340 e. The quantitative estimate of drug-likeness (QED) is 0.443. The van der Waals surface area contributed by atoms with Crippen molar-refractivity contribution >= 4 is 16.9 Å². The van der Waals surface area contributed by atoms with Crippen LogP contribution in [-0.2, 0) is 7.05 Å². The SMILES string of the molecule is Cn1ncc2cc(-c3cnc(N4CC5CCCC(C5)C4)nc3-c3ccc(C#N)cc3)ccc21. The van der Waals surface area contributed by atoms with Crippen molar-refractivity contribution in [3.05, 3.63) is 60.4 Å². The maximum absolute atomic E-state index is 9.24. The fourth-order valence-electron chi connectivity index (χ4n) is 5.59. The third-order valence-electron chi connectivity index (χ3n) is 7.25. The van der Waals surface area contributed by atoms with Gasteiger partial charge in [0.25, 0.3) is 0 Å². The number of hydrogen-bond donors (Lipinski definition) is 0. The van der Waals surface area contributed by atoms with Gasteiger partial charge in [0.15, 0.2) is 0 Å². The van der Waals surface area contributed by atoms with E-state index >= 15 is 0 Å². The van der Waals surface area contributed by atoms with Crippen molar-refractivity contribution in [1.29, 1.82) is 5.26 Å². The van der Waals surface area contributed by atoms with Crippen LogP contribution >= 0.6 is 0 Å². The van der Waals surface area contributed by atoms with Gasteiger partial charge in [-0.05, 0) is 60.9 Å². The zero-order valence-corrected chi connectivity index (χ0v) is 18.8. The van der Waals surface area contributed by atoms with Crippen LogP contribution in [-0.4, -0.2) is 32.8 Å². The van der Waals surface area contributed by atoms with Crippen molar-refractivity contribution in [3.8, 4) is 28.5 Å². The largest absolute Gasteiger partial charge is 0.340 e. The first-order valence-electron chi connectivity index (χ1n) is 11.7. The van der Waals surface area contributed by atoms with E-state index in [0.717, 1.165) is 64.2 Å². The Bertz CT molecular complexity index is 1350. The highest BCUT2D eigenvalue weighted by Gasteiger charge is 2.32. The molecular weight excluding hydrogens is 408 g/mol.